The van der Waals surface area contributed by atoms with Gasteiger partial charge in [0, 0.05) is 0 Å². The number of halogens is 2. The maximum absolute atomic E-state index is 13.6. The lowest BCUT2D eigenvalue weighted by molar-refractivity contribution is 0.433. The maximum Gasteiger partial charge on any atom is 0.186 e. The number of hydrogen-bond acceptors (Lipinski definition) is 3. The molecule has 0 atom stereocenters. The zero-order valence-electron chi connectivity index (χ0n) is 7.92. The van der Waals surface area contributed by atoms with E-state index in [2.05, 4.69) is 21.1 Å². The summed E-state index contributed by atoms with van der Waals surface area (Å²) in [4.78, 5) is 0. The fraction of sp³-hybridized carbons (Fsp3) is 0.100. The lowest BCUT2D eigenvalue weighted by atomic mass is 10.1. The van der Waals surface area contributed by atoms with Crippen molar-refractivity contribution >= 4 is 21.7 Å². The third-order valence-corrected chi connectivity index (χ3v) is 2.80. The monoisotopic (exact) mass is 270 g/mol. The minimum absolute atomic E-state index is 0.213. The third kappa shape index (κ3) is 1.74. The highest BCUT2D eigenvalue weighted by atomic mass is 79.9. The topological polar surface area (TPSA) is 52.0 Å². The molecule has 0 aliphatic heterocycles. The van der Waals surface area contributed by atoms with Crippen LogP contribution in [0.3, 0.4) is 0 Å². The van der Waals surface area contributed by atoms with E-state index < -0.39 is 0 Å². The molecule has 0 saturated carbocycles. The third-order valence-electron chi connectivity index (χ3n) is 2.03. The number of nitrogen functional groups attached to an aromatic ring is 1. The van der Waals surface area contributed by atoms with Crippen LogP contribution >= 0.6 is 15.9 Å². The molecule has 2 rings (SSSR count). The standard InChI is InChI=1S/C10H8BrFN2O/c1-5-2-3-6(7(12)4-5)9-8(11)10(13)14-15-9/h2-4H,1H3,(H2,13,14). The second-order valence-corrected chi connectivity index (χ2v) is 3.99. The lowest BCUT2D eigenvalue weighted by Crippen LogP contribution is -1.86. The molecule has 0 aliphatic carbocycles. The van der Waals surface area contributed by atoms with Gasteiger partial charge in [-0.15, -0.1) is 0 Å². The van der Waals surface area contributed by atoms with Gasteiger partial charge >= 0.3 is 0 Å². The Morgan fingerprint density at radius 3 is 2.73 bits per heavy atom. The highest BCUT2D eigenvalue weighted by Gasteiger charge is 2.16. The molecule has 1 aromatic carbocycles. The van der Waals surface area contributed by atoms with Crippen LogP contribution in [-0.2, 0) is 0 Å². The Morgan fingerprint density at radius 1 is 1.47 bits per heavy atom. The van der Waals surface area contributed by atoms with Crippen molar-refractivity contribution in [3.05, 3.63) is 34.1 Å². The van der Waals surface area contributed by atoms with Crippen molar-refractivity contribution < 1.29 is 8.91 Å². The summed E-state index contributed by atoms with van der Waals surface area (Å²) < 4.78 is 19.0. The van der Waals surface area contributed by atoms with Gasteiger partial charge in [-0.3, -0.25) is 0 Å². The molecule has 0 bridgehead atoms. The number of nitrogens with two attached hydrogens (primary N) is 1. The molecule has 0 radical (unpaired) electrons. The molecule has 3 nitrogen and oxygen atoms in total. The number of hydrogen-bond donors (Lipinski definition) is 1. The van der Waals surface area contributed by atoms with Crippen molar-refractivity contribution in [2.75, 3.05) is 5.73 Å². The molecular weight excluding hydrogens is 263 g/mol. The molecule has 2 N–H and O–H groups in total. The van der Waals surface area contributed by atoms with Crippen LogP contribution in [-0.4, -0.2) is 5.16 Å². The quantitative estimate of drug-likeness (QED) is 0.866. The van der Waals surface area contributed by atoms with Crippen LogP contribution in [0, 0.1) is 12.7 Å². The van der Waals surface area contributed by atoms with Gasteiger partial charge in [0.15, 0.2) is 11.6 Å². The molecule has 15 heavy (non-hydrogen) atoms. The average molecular weight is 271 g/mol. The molecule has 2 aromatic rings. The Hall–Kier alpha value is -1.36. The highest BCUT2D eigenvalue weighted by Crippen LogP contribution is 2.33. The molecular formula is C10H8BrFN2O. The fourth-order valence-electron chi connectivity index (χ4n) is 1.26. The van der Waals surface area contributed by atoms with Crippen LogP contribution < -0.4 is 5.73 Å². The molecule has 5 heteroatoms. The highest BCUT2D eigenvalue weighted by molar-refractivity contribution is 9.10. The van der Waals surface area contributed by atoms with E-state index in [1.54, 1.807) is 12.1 Å². The summed E-state index contributed by atoms with van der Waals surface area (Å²) in [7, 11) is 0. The van der Waals surface area contributed by atoms with Crippen molar-refractivity contribution in [1.29, 1.82) is 0 Å². The first-order valence-electron chi connectivity index (χ1n) is 4.26. The van der Waals surface area contributed by atoms with E-state index in [4.69, 9.17) is 10.3 Å². The zero-order chi connectivity index (χ0) is 11.0. The first-order valence-corrected chi connectivity index (χ1v) is 5.06. The van der Waals surface area contributed by atoms with E-state index in [-0.39, 0.29) is 11.6 Å². The Labute approximate surface area is 94.2 Å². The molecule has 1 aromatic heterocycles. The van der Waals surface area contributed by atoms with E-state index in [9.17, 15) is 4.39 Å². The van der Waals surface area contributed by atoms with Gasteiger partial charge in [-0.2, -0.15) is 0 Å². The number of rotatable bonds is 1. The summed E-state index contributed by atoms with van der Waals surface area (Å²) in [5.74, 6) is 0.168. The van der Waals surface area contributed by atoms with Crippen LogP contribution in [0.2, 0.25) is 0 Å². The van der Waals surface area contributed by atoms with Crippen LogP contribution in [0.1, 0.15) is 5.56 Å². The van der Waals surface area contributed by atoms with Gasteiger partial charge in [0.05, 0.1) is 5.56 Å². The molecule has 0 fully saturated rings. The summed E-state index contributed by atoms with van der Waals surface area (Å²) in [5, 5.41) is 3.55. The second kappa shape index (κ2) is 3.66. The molecule has 0 spiro atoms. The minimum atomic E-state index is -0.355. The molecule has 78 valence electrons. The maximum atomic E-state index is 13.6. The van der Waals surface area contributed by atoms with E-state index >= 15 is 0 Å². The summed E-state index contributed by atoms with van der Waals surface area (Å²) in [6.45, 7) is 1.82. The van der Waals surface area contributed by atoms with E-state index in [0.717, 1.165) is 5.56 Å². The fourth-order valence-corrected chi connectivity index (χ4v) is 1.62. The summed E-state index contributed by atoms with van der Waals surface area (Å²) in [5.41, 5.74) is 6.68. The van der Waals surface area contributed by atoms with Gasteiger partial charge in [0.25, 0.3) is 0 Å². The predicted molar refractivity (Wildman–Crippen MR) is 58.7 cm³/mol. The van der Waals surface area contributed by atoms with Gasteiger partial charge in [-0.05, 0) is 40.5 Å². The van der Waals surface area contributed by atoms with E-state index in [1.165, 1.54) is 6.07 Å². The molecule has 0 unspecified atom stereocenters. The Bertz CT molecular complexity index is 510. The smallest absolute Gasteiger partial charge is 0.186 e. The van der Waals surface area contributed by atoms with Crippen molar-refractivity contribution in [2.45, 2.75) is 6.92 Å². The second-order valence-electron chi connectivity index (χ2n) is 3.19. The van der Waals surface area contributed by atoms with Crippen molar-refractivity contribution in [2.24, 2.45) is 0 Å². The van der Waals surface area contributed by atoms with E-state index in [0.29, 0.717) is 15.8 Å². The molecule has 1 heterocycles. The Kier molecular flexibility index (Phi) is 2.48. The summed E-state index contributed by atoms with van der Waals surface area (Å²) >= 11 is 3.19. The van der Waals surface area contributed by atoms with Crippen LogP contribution in [0.25, 0.3) is 11.3 Å². The number of benzene rings is 1. The van der Waals surface area contributed by atoms with Crippen LogP contribution in [0.5, 0.6) is 0 Å². The Morgan fingerprint density at radius 2 is 2.20 bits per heavy atom. The Balaban J connectivity index is 2.59. The summed E-state index contributed by atoms with van der Waals surface area (Å²) in [6.07, 6.45) is 0. The van der Waals surface area contributed by atoms with Crippen molar-refractivity contribution in [1.82, 2.24) is 5.16 Å². The zero-order valence-corrected chi connectivity index (χ0v) is 9.51. The normalized spacial score (nSPS) is 10.6. The summed E-state index contributed by atoms with van der Waals surface area (Å²) in [6, 6.07) is 4.86. The predicted octanol–water partition coefficient (Wildman–Crippen LogP) is 3.13. The lowest BCUT2D eigenvalue weighted by Gasteiger charge is -2.00. The molecule has 0 aliphatic rings. The van der Waals surface area contributed by atoms with Gasteiger partial charge in [-0.1, -0.05) is 11.2 Å². The molecule has 0 amide bonds. The molecule has 0 saturated heterocycles. The van der Waals surface area contributed by atoms with Gasteiger partial charge < -0.3 is 10.3 Å². The number of anilines is 1. The van der Waals surface area contributed by atoms with Gasteiger partial charge in [0.2, 0.25) is 0 Å². The number of nitrogens with zero attached hydrogens (tertiary/aromatic N) is 1. The van der Waals surface area contributed by atoms with Crippen molar-refractivity contribution in [3.63, 3.8) is 0 Å². The van der Waals surface area contributed by atoms with Gasteiger partial charge in [0.1, 0.15) is 10.3 Å². The number of aromatic nitrogens is 1. The van der Waals surface area contributed by atoms with Crippen LogP contribution in [0.4, 0.5) is 10.2 Å². The van der Waals surface area contributed by atoms with Gasteiger partial charge in [-0.25, -0.2) is 4.39 Å². The minimum Gasteiger partial charge on any atom is -0.380 e. The first-order chi connectivity index (χ1) is 7.09. The average Bonchev–Trinajstić information content (AvgIpc) is 2.49. The van der Waals surface area contributed by atoms with Crippen LogP contribution in [0.15, 0.2) is 27.2 Å². The number of aryl methyl sites for hydroxylation is 1. The largest absolute Gasteiger partial charge is 0.380 e. The SMILES string of the molecule is Cc1ccc(-c2onc(N)c2Br)c(F)c1. The van der Waals surface area contributed by atoms with E-state index in [1.807, 2.05) is 6.92 Å². The first kappa shape index (κ1) is 10.2. The van der Waals surface area contributed by atoms with Crippen molar-refractivity contribution in [3.8, 4) is 11.3 Å².